The van der Waals surface area contributed by atoms with Crippen molar-refractivity contribution >= 4 is 19.5 Å². The van der Waals surface area contributed by atoms with E-state index in [-0.39, 0.29) is 0 Å². The zero-order valence-electron chi connectivity index (χ0n) is 7.41. The number of carboxylic acids is 2. The molecule has 0 rings (SSSR count). The van der Waals surface area contributed by atoms with Gasteiger partial charge in [-0.25, -0.2) is 9.18 Å². The van der Waals surface area contributed by atoms with E-state index in [1.54, 1.807) is 0 Å². The first-order valence-corrected chi connectivity index (χ1v) is 5.57. The molecule has 7 nitrogen and oxygen atoms in total. The van der Waals surface area contributed by atoms with E-state index >= 15 is 0 Å². The normalized spacial score (nSPS) is 15.7. The zero-order chi connectivity index (χ0) is 12.2. The SMILES string of the molecule is O=C(O)C(F)CC(CP(=O)(O)O)C(=O)O. The fraction of sp³-hybridized carbons (Fsp3) is 0.667. The molecule has 2 unspecified atom stereocenters. The molecule has 0 aliphatic heterocycles. The van der Waals surface area contributed by atoms with Crippen LogP contribution in [0, 0.1) is 5.92 Å². The van der Waals surface area contributed by atoms with Gasteiger partial charge in [-0.1, -0.05) is 0 Å². The number of alkyl halides is 1. The Morgan fingerprint density at radius 3 is 1.93 bits per heavy atom. The van der Waals surface area contributed by atoms with E-state index in [2.05, 4.69) is 0 Å². The third-order valence-electron chi connectivity index (χ3n) is 1.57. The van der Waals surface area contributed by atoms with Crippen molar-refractivity contribution in [2.24, 2.45) is 5.92 Å². The van der Waals surface area contributed by atoms with Crippen molar-refractivity contribution in [2.75, 3.05) is 6.16 Å². The molecule has 0 saturated carbocycles. The predicted octanol–water partition coefficient (Wildman–Crippen LogP) is -0.322. The fourth-order valence-corrected chi connectivity index (χ4v) is 1.77. The van der Waals surface area contributed by atoms with E-state index < -0.39 is 44.2 Å². The zero-order valence-corrected chi connectivity index (χ0v) is 8.30. The minimum absolute atomic E-state index is 0.963. The van der Waals surface area contributed by atoms with Gasteiger partial charge in [-0.05, 0) is 0 Å². The number of carbonyl (C=O) groups is 2. The second-order valence-electron chi connectivity index (χ2n) is 2.92. The molecule has 0 fully saturated rings. The molecule has 88 valence electrons. The van der Waals surface area contributed by atoms with Gasteiger partial charge in [0.15, 0.2) is 6.17 Å². The van der Waals surface area contributed by atoms with Gasteiger partial charge in [0.25, 0.3) is 0 Å². The molecule has 2 atom stereocenters. The van der Waals surface area contributed by atoms with Crippen LogP contribution in [0.3, 0.4) is 0 Å². The fourth-order valence-electron chi connectivity index (χ4n) is 0.891. The van der Waals surface area contributed by atoms with Crippen molar-refractivity contribution in [2.45, 2.75) is 12.6 Å². The van der Waals surface area contributed by atoms with Crippen LogP contribution >= 0.6 is 7.60 Å². The van der Waals surface area contributed by atoms with E-state index in [9.17, 15) is 18.5 Å². The lowest BCUT2D eigenvalue weighted by Crippen LogP contribution is -2.26. The molecule has 0 aromatic heterocycles. The molecule has 0 aliphatic carbocycles. The Labute approximate surface area is 83.7 Å². The highest BCUT2D eigenvalue weighted by Gasteiger charge is 2.32. The third-order valence-corrected chi connectivity index (χ3v) is 2.48. The maximum Gasteiger partial charge on any atom is 0.338 e. The van der Waals surface area contributed by atoms with E-state index in [0.29, 0.717) is 0 Å². The summed E-state index contributed by atoms with van der Waals surface area (Å²) >= 11 is 0. The molecule has 0 bridgehead atoms. The quantitative estimate of drug-likeness (QED) is 0.470. The summed E-state index contributed by atoms with van der Waals surface area (Å²) in [5.74, 6) is -5.20. The van der Waals surface area contributed by atoms with Crippen molar-refractivity contribution in [3.63, 3.8) is 0 Å². The lowest BCUT2D eigenvalue weighted by molar-refractivity contribution is -0.146. The van der Waals surface area contributed by atoms with Crippen LogP contribution in [0.2, 0.25) is 0 Å². The molecule has 0 saturated heterocycles. The summed E-state index contributed by atoms with van der Waals surface area (Å²) in [5, 5.41) is 16.6. The van der Waals surface area contributed by atoms with Crippen LogP contribution in [0.25, 0.3) is 0 Å². The van der Waals surface area contributed by atoms with Crippen LogP contribution < -0.4 is 0 Å². The van der Waals surface area contributed by atoms with Crippen LogP contribution in [-0.2, 0) is 14.2 Å². The van der Waals surface area contributed by atoms with Crippen LogP contribution in [0.5, 0.6) is 0 Å². The first kappa shape index (κ1) is 14.0. The predicted molar refractivity (Wildman–Crippen MR) is 45.2 cm³/mol. The van der Waals surface area contributed by atoms with E-state index in [1.165, 1.54) is 0 Å². The highest BCUT2D eigenvalue weighted by atomic mass is 31.2. The largest absolute Gasteiger partial charge is 0.481 e. The topological polar surface area (TPSA) is 132 Å². The molecule has 0 aromatic carbocycles. The number of rotatable bonds is 6. The van der Waals surface area contributed by atoms with Crippen LogP contribution in [0.1, 0.15) is 6.42 Å². The minimum Gasteiger partial charge on any atom is -0.481 e. The number of halogens is 1. The van der Waals surface area contributed by atoms with Gasteiger partial charge >= 0.3 is 19.5 Å². The molecular formula is C6H10FO7P. The van der Waals surface area contributed by atoms with Crippen molar-refractivity contribution in [3.05, 3.63) is 0 Å². The minimum atomic E-state index is -4.60. The summed E-state index contributed by atoms with van der Waals surface area (Å²) in [7, 11) is -4.60. The van der Waals surface area contributed by atoms with Gasteiger partial charge in [0.1, 0.15) is 0 Å². The van der Waals surface area contributed by atoms with E-state index in [4.69, 9.17) is 20.0 Å². The van der Waals surface area contributed by atoms with Crippen molar-refractivity contribution in [1.29, 1.82) is 0 Å². The van der Waals surface area contributed by atoms with Crippen LogP contribution in [0.4, 0.5) is 4.39 Å². The Bertz CT molecular complexity index is 298. The molecule has 0 heterocycles. The highest BCUT2D eigenvalue weighted by Crippen LogP contribution is 2.38. The molecule has 0 radical (unpaired) electrons. The van der Waals surface area contributed by atoms with Crippen molar-refractivity contribution in [3.8, 4) is 0 Å². The summed E-state index contributed by atoms with van der Waals surface area (Å²) in [4.78, 5) is 37.4. The molecule has 0 aliphatic rings. The summed E-state index contributed by atoms with van der Waals surface area (Å²) < 4.78 is 23.1. The standard InChI is InChI=1S/C6H10FO7P/c7-4(6(10)11)1-3(5(8)9)2-15(12,13)14/h3-4H,1-2H2,(H,8,9)(H,10,11)(H2,12,13,14). The first-order chi connectivity index (χ1) is 6.63. The van der Waals surface area contributed by atoms with Crippen LogP contribution in [-0.4, -0.2) is 44.3 Å². The summed E-state index contributed by atoms with van der Waals surface area (Å²) in [6, 6.07) is 0. The van der Waals surface area contributed by atoms with E-state index in [0.717, 1.165) is 0 Å². The van der Waals surface area contributed by atoms with Crippen LogP contribution in [0.15, 0.2) is 0 Å². The molecule has 15 heavy (non-hydrogen) atoms. The van der Waals surface area contributed by atoms with Crippen molar-refractivity contribution < 1.29 is 38.5 Å². The van der Waals surface area contributed by atoms with E-state index in [1.807, 2.05) is 0 Å². The van der Waals surface area contributed by atoms with Crippen molar-refractivity contribution in [1.82, 2.24) is 0 Å². The summed E-state index contributed by atoms with van der Waals surface area (Å²) in [5.41, 5.74) is 0. The Kier molecular flexibility index (Phi) is 4.86. The second kappa shape index (κ2) is 5.20. The Balaban J connectivity index is 4.49. The first-order valence-electron chi connectivity index (χ1n) is 3.77. The molecule has 9 heteroatoms. The number of hydrogen-bond acceptors (Lipinski definition) is 3. The van der Waals surface area contributed by atoms with Gasteiger partial charge in [-0.3, -0.25) is 9.36 Å². The maximum absolute atomic E-state index is 12.6. The molecule has 0 spiro atoms. The second-order valence-corrected chi connectivity index (χ2v) is 4.62. The van der Waals surface area contributed by atoms with Gasteiger partial charge in [0.2, 0.25) is 0 Å². The molecular weight excluding hydrogens is 234 g/mol. The smallest absolute Gasteiger partial charge is 0.338 e. The maximum atomic E-state index is 12.6. The Hall–Kier alpha value is -0.980. The van der Waals surface area contributed by atoms with Gasteiger partial charge in [0.05, 0.1) is 12.1 Å². The van der Waals surface area contributed by atoms with Gasteiger partial charge in [-0.15, -0.1) is 0 Å². The summed E-state index contributed by atoms with van der Waals surface area (Å²) in [6.45, 7) is 0. The third kappa shape index (κ3) is 6.16. The highest BCUT2D eigenvalue weighted by molar-refractivity contribution is 7.51. The molecule has 0 amide bonds. The number of hydrogen-bond donors (Lipinski definition) is 4. The lowest BCUT2D eigenvalue weighted by Gasteiger charge is -2.13. The number of carboxylic acid groups (broad SMARTS) is 2. The average molecular weight is 244 g/mol. The average Bonchev–Trinajstić information content (AvgIpc) is 1.99. The lowest BCUT2D eigenvalue weighted by atomic mass is 10.1. The Morgan fingerprint density at radius 2 is 1.67 bits per heavy atom. The van der Waals surface area contributed by atoms with Gasteiger partial charge < -0.3 is 20.0 Å². The summed E-state index contributed by atoms with van der Waals surface area (Å²) in [6.07, 6.45) is -4.48. The molecule has 4 N–H and O–H groups in total. The number of aliphatic carboxylic acids is 2. The monoisotopic (exact) mass is 244 g/mol. The van der Waals surface area contributed by atoms with Gasteiger partial charge in [0, 0.05) is 6.42 Å². The Morgan fingerprint density at radius 1 is 1.20 bits per heavy atom. The molecule has 0 aromatic rings. The van der Waals surface area contributed by atoms with Gasteiger partial charge in [-0.2, -0.15) is 0 Å².